The molecule has 2 aliphatic rings. The molecule has 0 bridgehead atoms. The van der Waals surface area contributed by atoms with Crippen molar-refractivity contribution in [3.63, 3.8) is 0 Å². The molecule has 32 heavy (non-hydrogen) atoms. The first kappa shape index (κ1) is 20.4. The zero-order chi connectivity index (χ0) is 22.1. The minimum absolute atomic E-state index is 0.311. The van der Waals surface area contributed by atoms with Gasteiger partial charge in [0.2, 0.25) is 0 Å². The highest BCUT2D eigenvalue weighted by atomic mass is 19.1. The van der Waals surface area contributed by atoms with Crippen molar-refractivity contribution >= 4 is 24.4 Å². The molecular formula is C26H23F2N3O. The Morgan fingerprint density at radius 3 is 2.16 bits per heavy atom. The molecular weight excluding hydrogens is 408 g/mol. The normalized spacial score (nSPS) is 17.2. The molecule has 162 valence electrons. The molecule has 2 aromatic carbocycles. The van der Waals surface area contributed by atoms with Gasteiger partial charge in [0.15, 0.2) is 5.82 Å². The van der Waals surface area contributed by atoms with E-state index in [-0.39, 0.29) is 11.6 Å². The third kappa shape index (κ3) is 3.55. The van der Waals surface area contributed by atoms with Gasteiger partial charge in [-0.05, 0) is 60.7 Å². The van der Waals surface area contributed by atoms with E-state index < -0.39 is 5.41 Å². The Morgan fingerprint density at radius 2 is 1.62 bits per heavy atom. The second kappa shape index (κ2) is 8.19. The quantitative estimate of drug-likeness (QED) is 0.423. The van der Waals surface area contributed by atoms with E-state index in [1.807, 2.05) is 6.08 Å². The maximum atomic E-state index is 13.7. The number of aldehydes is 1. The minimum atomic E-state index is -0.630. The van der Waals surface area contributed by atoms with E-state index in [0.29, 0.717) is 12.5 Å². The lowest BCUT2D eigenvalue weighted by atomic mass is 9.68. The van der Waals surface area contributed by atoms with Gasteiger partial charge in [0, 0.05) is 29.6 Å². The van der Waals surface area contributed by atoms with E-state index in [1.54, 1.807) is 35.1 Å². The summed E-state index contributed by atoms with van der Waals surface area (Å²) in [5.74, 6) is 0.173. The number of halogens is 2. The maximum Gasteiger partial charge on any atom is 0.156 e. The van der Waals surface area contributed by atoms with E-state index in [2.05, 4.69) is 11.4 Å². The number of hydrogen-bond donors (Lipinski definition) is 1. The molecule has 6 heteroatoms. The van der Waals surface area contributed by atoms with E-state index in [1.165, 1.54) is 36.8 Å². The number of anilines is 1. The van der Waals surface area contributed by atoms with Crippen molar-refractivity contribution in [2.24, 2.45) is 0 Å². The highest BCUT2D eigenvalue weighted by Gasteiger charge is 2.38. The van der Waals surface area contributed by atoms with Gasteiger partial charge in [-0.25, -0.2) is 13.5 Å². The third-order valence-corrected chi connectivity index (χ3v) is 6.50. The van der Waals surface area contributed by atoms with Crippen LogP contribution in [0, 0.1) is 11.6 Å². The van der Waals surface area contributed by atoms with Gasteiger partial charge in [0.25, 0.3) is 0 Å². The van der Waals surface area contributed by atoms with Crippen molar-refractivity contribution in [3.05, 3.63) is 94.7 Å². The summed E-state index contributed by atoms with van der Waals surface area (Å²) in [7, 11) is 0. The number of aromatic nitrogens is 2. The Hall–Kier alpha value is -3.54. The van der Waals surface area contributed by atoms with Crippen molar-refractivity contribution in [2.45, 2.75) is 37.1 Å². The fraction of sp³-hybridized carbons (Fsp3) is 0.231. The van der Waals surface area contributed by atoms with E-state index in [0.717, 1.165) is 47.3 Å². The first-order valence-electron chi connectivity index (χ1n) is 10.8. The Labute approximate surface area is 185 Å². The van der Waals surface area contributed by atoms with Gasteiger partial charge in [0.1, 0.15) is 17.9 Å². The molecule has 2 aliphatic carbocycles. The Balaban J connectivity index is 1.65. The molecule has 1 fully saturated rings. The predicted octanol–water partition coefficient (Wildman–Crippen LogP) is 5.35. The number of carbonyl (C=O) groups excluding carboxylic acids is 1. The van der Waals surface area contributed by atoms with Crippen LogP contribution in [0.2, 0.25) is 0 Å². The van der Waals surface area contributed by atoms with Gasteiger partial charge < -0.3 is 5.32 Å². The molecule has 1 saturated carbocycles. The molecule has 0 radical (unpaired) electrons. The number of nitrogens with zero attached hydrogens (tertiary/aromatic N) is 2. The molecule has 0 spiro atoms. The molecule has 1 aromatic heterocycles. The van der Waals surface area contributed by atoms with Crippen molar-refractivity contribution < 1.29 is 13.6 Å². The topological polar surface area (TPSA) is 46.9 Å². The number of fused-ring (bicyclic) bond motifs is 1. The molecule has 0 aliphatic heterocycles. The van der Waals surface area contributed by atoms with Gasteiger partial charge >= 0.3 is 0 Å². The van der Waals surface area contributed by atoms with Crippen molar-refractivity contribution in [1.82, 2.24) is 9.78 Å². The van der Waals surface area contributed by atoms with E-state index in [9.17, 15) is 13.6 Å². The molecule has 1 N–H and O–H groups in total. The predicted molar refractivity (Wildman–Crippen MR) is 121 cm³/mol. The average Bonchev–Trinajstić information content (AvgIpc) is 3.12. The largest absolute Gasteiger partial charge is 0.365 e. The SMILES string of the molecule is O=CC=Cn1nc(NC2CCC2)c2c1CC(c1ccc(F)cc1)(c1ccc(F)cc1)C=C2. The van der Waals surface area contributed by atoms with Crippen molar-refractivity contribution in [1.29, 1.82) is 0 Å². The third-order valence-electron chi connectivity index (χ3n) is 6.50. The van der Waals surface area contributed by atoms with Crippen LogP contribution in [0.4, 0.5) is 14.6 Å². The summed E-state index contributed by atoms with van der Waals surface area (Å²) in [4.78, 5) is 11.0. The zero-order valence-corrected chi connectivity index (χ0v) is 17.5. The van der Waals surface area contributed by atoms with E-state index in [4.69, 9.17) is 5.10 Å². The highest BCUT2D eigenvalue weighted by molar-refractivity contribution is 5.74. The number of carbonyl (C=O) groups is 1. The molecule has 0 amide bonds. The molecule has 4 nitrogen and oxygen atoms in total. The summed E-state index contributed by atoms with van der Waals surface area (Å²) in [6.07, 6.45) is 11.9. The molecule has 5 rings (SSSR count). The maximum absolute atomic E-state index is 13.7. The summed E-state index contributed by atoms with van der Waals surface area (Å²) in [5, 5.41) is 8.24. The van der Waals surface area contributed by atoms with Crippen LogP contribution in [-0.4, -0.2) is 22.1 Å². The fourth-order valence-corrected chi connectivity index (χ4v) is 4.53. The van der Waals surface area contributed by atoms with Crippen LogP contribution in [0.3, 0.4) is 0 Å². The van der Waals surface area contributed by atoms with Crippen molar-refractivity contribution in [2.75, 3.05) is 5.32 Å². The van der Waals surface area contributed by atoms with Gasteiger partial charge in [-0.1, -0.05) is 36.4 Å². The molecule has 0 saturated heterocycles. The second-order valence-electron chi connectivity index (χ2n) is 8.40. The summed E-state index contributed by atoms with van der Waals surface area (Å²) in [6.45, 7) is 0. The zero-order valence-electron chi connectivity index (χ0n) is 17.5. The van der Waals surface area contributed by atoms with Crippen LogP contribution in [0.5, 0.6) is 0 Å². The first-order chi connectivity index (χ1) is 15.6. The number of rotatable bonds is 6. The van der Waals surface area contributed by atoms with Crippen molar-refractivity contribution in [3.8, 4) is 0 Å². The lowest BCUT2D eigenvalue weighted by Crippen LogP contribution is -2.31. The Morgan fingerprint density at radius 1 is 1.00 bits per heavy atom. The van der Waals surface area contributed by atoms with Gasteiger partial charge in [0.05, 0.1) is 5.69 Å². The average molecular weight is 431 g/mol. The number of hydrogen-bond acceptors (Lipinski definition) is 3. The monoisotopic (exact) mass is 431 g/mol. The fourth-order valence-electron chi connectivity index (χ4n) is 4.53. The molecule has 1 heterocycles. The molecule has 0 unspecified atom stereocenters. The molecule has 0 atom stereocenters. The van der Waals surface area contributed by atoms with Crippen LogP contribution < -0.4 is 5.32 Å². The lowest BCUT2D eigenvalue weighted by Gasteiger charge is -2.35. The first-order valence-corrected chi connectivity index (χ1v) is 10.8. The minimum Gasteiger partial charge on any atom is -0.365 e. The number of benzene rings is 2. The van der Waals surface area contributed by atoms with Crippen LogP contribution in [0.25, 0.3) is 12.3 Å². The van der Waals surface area contributed by atoms with Crippen LogP contribution in [0.15, 0.2) is 60.7 Å². The number of nitrogens with one attached hydrogen (secondary N) is 1. The van der Waals surface area contributed by atoms with E-state index >= 15 is 0 Å². The molecule has 3 aromatic rings. The lowest BCUT2D eigenvalue weighted by molar-refractivity contribution is -0.104. The van der Waals surface area contributed by atoms with Gasteiger partial charge in [-0.3, -0.25) is 4.79 Å². The summed E-state index contributed by atoms with van der Waals surface area (Å²) >= 11 is 0. The summed E-state index contributed by atoms with van der Waals surface area (Å²) < 4.78 is 29.1. The van der Waals surface area contributed by atoms with Crippen LogP contribution in [0.1, 0.15) is 41.6 Å². The Kier molecular flexibility index (Phi) is 5.21. The van der Waals surface area contributed by atoms with Crippen LogP contribution >= 0.6 is 0 Å². The summed E-state index contributed by atoms with van der Waals surface area (Å²) in [5.41, 5.74) is 3.07. The second-order valence-corrected chi connectivity index (χ2v) is 8.40. The summed E-state index contributed by atoms with van der Waals surface area (Å²) in [6, 6.07) is 13.2. The highest BCUT2D eigenvalue weighted by Crippen LogP contribution is 2.43. The van der Waals surface area contributed by atoms with Gasteiger partial charge in [-0.15, -0.1) is 0 Å². The van der Waals surface area contributed by atoms with Gasteiger partial charge in [-0.2, -0.15) is 5.10 Å². The number of allylic oxidation sites excluding steroid dienone is 2. The standard InChI is InChI=1S/C26H23F2N3O/c27-20-9-5-18(6-10-20)26(19-7-11-21(28)12-8-19)14-13-23-24(17-26)31(15-2-16-32)30-25(23)29-22-3-1-4-22/h2,5-16,22H,1,3-4,17H2,(H,29,30). The smallest absolute Gasteiger partial charge is 0.156 e. The van der Waals surface area contributed by atoms with Crippen LogP contribution in [-0.2, 0) is 16.6 Å². The Bertz CT molecular complexity index is 1140.